The molecule has 3 aromatic rings. The van der Waals surface area contributed by atoms with Crippen molar-refractivity contribution in [1.82, 2.24) is 25.3 Å². The fraction of sp³-hybridized carbons (Fsp3) is 0.176. The number of fused-ring (bicyclic) bond motifs is 1. The number of carboxylic acids is 1. The Labute approximate surface area is 187 Å². The first kappa shape index (κ1) is 22.3. The van der Waals surface area contributed by atoms with E-state index in [1.165, 1.54) is 6.92 Å². The zero-order valence-electron chi connectivity index (χ0n) is 15.8. The van der Waals surface area contributed by atoms with Crippen LogP contribution in [0.2, 0.25) is 0 Å². The summed E-state index contributed by atoms with van der Waals surface area (Å²) < 4.78 is 0. The smallest absolute Gasteiger partial charge is 0.548 e. The number of carboxylic acid groups (broad SMARTS) is 1. The van der Waals surface area contributed by atoms with Crippen LogP contribution in [0.3, 0.4) is 0 Å². The van der Waals surface area contributed by atoms with Crippen LogP contribution >= 0.6 is 0 Å². The Morgan fingerprint density at radius 2 is 1.83 bits per heavy atom. The molecule has 2 heterocycles. The number of nitrogens with two attached hydrogens (primary N) is 2. The molecule has 0 radical (unpaired) electrons. The molecule has 29 heavy (non-hydrogen) atoms. The molecule has 0 fully saturated rings. The number of rotatable bonds is 6. The Morgan fingerprint density at radius 1 is 1.14 bits per heavy atom. The Bertz CT molecular complexity index is 1040. The number of hydrogen-bond acceptors (Lipinski definition) is 10. The van der Waals surface area contributed by atoms with E-state index in [0.717, 1.165) is 5.69 Å². The number of nitrogens with zero attached hydrogens (tertiary/aromatic N) is 4. The zero-order valence-corrected chi connectivity index (χ0v) is 17.8. The van der Waals surface area contributed by atoms with E-state index in [9.17, 15) is 14.7 Å². The third kappa shape index (κ3) is 5.50. The van der Waals surface area contributed by atoms with Gasteiger partial charge in [0.2, 0.25) is 5.95 Å². The van der Waals surface area contributed by atoms with Crippen molar-refractivity contribution >= 4 is 40.5 Å². The second kappa shape index (κ2) is 9.45. The summed E-state index contributed by atoms with van der Waals surface area (Å²) in [6, 6.07) is 5.43. The normalized spacial score (nSPS) is 11.3. The van der Waals surface area contributed by atoms with E-state index in [2.05, 4.69) is 30.6 Å². The molecular weight excluding hydrogens is 387 g/mol. The number of nitrogen functional groups attached to an aromatic ring is 2. The van der Waals surface area contributed by atoms with E-state index in [4.69, 9.17) is 11.5 Å². The second-order valence-corrected chi connectivity index (χ2v) is 5.95. The predicted octanol–water partition coefficient (Wildman–Crippen LogP) is -3.93. The molecule has 0 aliphatic carbocycles. The minimum atomic E-state index is -1.35. The molecule has 3 rings (SSSR count). The number of carbonyl (C=O) groups excluding carboxylic acids is 2. The van der Waals surface area contributed by atoms with Crippen LogP contribution < -0.4 is 56.8 Å². The molecule has 144 valence electrons. The first-order valence-electron chi connectivity index (χ1n) is 8.24. The van der Waals surface area contributed by atoms with Gasteiger partial charge in [0.05, 0.1) is 30.4 Å². The molecule has 0 spiro atoms. The largest absolute Gasteiger partial charge is 1.00 e. The number of benzene rings is 1. The van der Waals surface area contributed by atoms with Crippen LogP contribution in [0.5, 0.6) is 0 Å². The molecule has 0 bridgehead atoms. The Balaban J connectivity index is 0.00000300. The van der Waals surface area contributed by atoms with E-state index in [1.54, 1.807) is 30.5 Å². The number of carbonyl (C=O) groups is 2. The summed E-state index contributed by atoms with van der Waals surface area (Å²) in [5.41, 5.74) is 13.7. The van der Waals surface area contributed by atoms with Gasteiger partial charge < -0.3 is 32.0 Å². The van der Waals surface area contributed by atoms with Crippen LogP contribution in [0, 0.1) is 0 Å². The molecule has 2 aromatic heterocycles. The van der Waals surface area contributed by atoms with Crippen molar-refractivity contribution in [2.75, 3.05) is 16.8 Å². The van der Waals surface area contributed by atoms with Gasteiger partial charge in [0.15, 0.2) is 17.0 Å². The number of aromatic nitrogens is 4. The standard InChI is InChI=1S/C17H18N8O3.Na/c1-8(16(27)28)22-15(26)9-2-4-10(5-3-9)20-6-11-7-21-14-12(23-11)13(18)24-17(19)25-14;/h2-5,7-8,20H,6H2,1H3,(H,22,26)(H,27,28)(H4,18,19,21,24,25);/q;+1/p-1/t8-;/m0./s1. The molecule has 1 aromatic carbocycles. The number of hydrogen-bond donors (Lipinski definition) is 4. The molecule has 0 aliphatic heterocycles. The fourth-order valence-electron chi connectivity index (χ4n) is 2.34. The maximum Gasteiger partial charge on any atom is 1.00 e. The molecule has 1 amide bonds. The van der Waals surface area contributed by atoms with E-state index in [0.29, 0.717) is 29.0 Å². The van der Waals surface area contributed by atoms with Crippen LogP contribution in [0.15, 0.2) is 30.5 Å². The summed E-state index contributed by atoms with van der Waals surface area (Å²) in [6.07, 6.45) is 1.55. The molecule has 0 saturated carbocycles. The van der Waals surface area contributed by atoms with Crippen molar-refractivity contribution in [3.05, 3.63) is 41.7 Å². The van der Waals surface area contributed by atoms with Crippen molar-refractivity contribution in [3.63, 3.8) is 0 Å². The summed E-state index contributed by atoms with van der Waals surface area (Å²) in [5.74, 6) is -1.67. The van der Waals surface area contributed by atoms with Gasteiger partial charge in [-0.05, 0) is 31.2 Å². The molecule has 12 heteroatoms. The van der Waals surface area contributed by atoms with Crippen molar-refractivity contribution in [2.24, 2.45) is 0 Å². The first-order valence-corrected chi connectivity index (χ1v) is 8.24. The minimum absolute atomic E-state index is 0. The summed E-state index contributed by atoms with van der Waals surface area (Å²) in [4.78, 5) is 39.0. The molecule has 1 atom stereocenters. The Morgan fingerprint density at radius 3 is 2.48 bits per heavy atom. The van der Waals surface area contributed by atoms with Crippen LogP contribution in [0.1, 0.15) is 23.0 Å². The molecule has 0 aliphatic rings. The maximum absolute atomic E-state index is 12.0. The summed E-state index contributed by atoms with van der Waals surface area (Å²) in [6.45, 7) is 1.68. The quantitative estimate of drug-likeness (QED) is 0.296. The zero-order chi connectivity index (χ0) is 20.3. The molecule has 11 nitrogen and oxygen atoms in total. The second-order valence-electron chi connectivity index (χ2n) is 5.95. The van der Waals surface area contributed by atoms with Gasteiger partial charge in [-0.3, -0.25) is 4.79 Å². The number of nitrogens with one attached hydrogen (secondary N) is 2. The van der Waals surface area contributed by atoms with Gasteiger partial charge in [-0.2, -0.15) is 9.97 Å². The van der Waals surface area contributed by atoms with Crippen molar-refractivity contribution in [3.8, 4) is 0 Å². The minimum Gasteiger partial charge on any atom is -0.548 e. The van der Waals surface area contributed by atoms with Crippen molar-refractivity contribution in [2.45, 2.75) is 19.5 Å². The van der Waals surface area contributed by atoms with Gasteiger partial charge in [-0.25, -0.2) is 9.97 Å². The van der Waals surface area contributed by atoms with Crippen molar-refractivity contribution in [1.29, 1.82) is 0 Å². The van der Waals surface area contributed by atoms with E-state index in [1.807, 2.05) is 0 Å². The Kier molecular flexibility index (Phi) is 7.26. The number of aliphatic carboxylic acids is 1. The SMILES string of the molecule is C[C@H](NC(=O)c1ccc(NCc2cnc3nc(N)nc(N)c3n2)cc1)C(=O)[O-].[Na+]. The predicted molar refractivity (Wildman–Crippen MR) is 99.7 cm³/mol. The molecular formula is C17H17N8NaO3. The summed E-state index contributed by atoms with van der Waals surface area (Å²) in [7, 11) is 0. The molecule has 0 saturated heterocycles. The van der Waals surface area contributed by atoms with E-state index in [-0.39, 0.29) is 41.3 Å². The third-order valence-corrected chi connectivity index (χ3v) is 3.82. The van der Waals surface area contributed by atoms with Gasteiger partial charge in [-0.1, -0.05) is 0 Å². The summed E-state index contributed by atoms with van der Waals surface area (Å²) in [5, 5.41) is 16.2. The Hall–Kier alpha value is -3.02. The van der Waals surface area contributed by atoms with Crippen LogP contribution in [-0.4, -0.2) is 37.9 Å². The van der Waals surface area contributed by atoms with Gasteiger partial charge in [0.1, 0.15) is 0 Å². The van der Waals surface area contributed by atoms with Crippen molar-refractivity contribution < 1.29 is 44.3 Å². The first-order chi connectivity index (χ1) is 13.3. The maximum atomic E-state index is 12.0. The van der Waals surface area contributed by atoms with Crippen LogP contribution in [0.25, 0.3) is 11.2 Å². The third-order valence-electron chi connectivity index (χ3n) is 3.82. The summed E-state index contributed by atoms with van der Waals surface area (Å²) >= 11 is 0. The van der Waals surface area contributed by atoms with E-state index >= 15 is 0 Å². The van der Waals surface area contributed by atoms with Gasteiger partial charge >= 0.3 is 29.6 Å². The number of amides is 1. The van der Waals surface area contributed by atoms with E-state index < -0.39 is 17.9 Å². The van der Waals surface area contributed by atoms with Gasteiger partial charge in [-0.15, -0.1) is 0 Å². The topological polar surface area (TPSA) is 185 Å². The average molecular weight is 404 g/mol. The van der Waals surface area contributed by atoms with Crippen LogP contribution in [-0.2, 0) is 11.3 Å². The monoisotopic (exact) mass is 404 g/mol. The number of anilines is 3. The average Bonchev–Trinajstić information content (AvgIpc) is 2.66. The van der Waals surface area contributed by atoms with Gasteiger partial charge in [0, 0.05) is 11.3 Å². The van der Waals surface area contributed by atoms with Gasteiger partial charge in [0.25, 0.3) is 5.91 Å². The fourth-order valence-corrected chi connectivity index (χ4v) is 2.34. The molecule has 6 N–H and O–H groups in total. The molecule has 0 unspecified atom stereocenters. The van der Waals surface area contributed by atoms with Crippen LogP contribution in [0.4, 0.5) is 17.5 Å².